The Morgan fingerprint density at radius 3 is 2.73 bits per heavy atom. The van der Waals surface area contributed by atoms with E-state index in [1.54, 1.807) is 6.07 Å². The van der Waals surface area contributed by atoms with Crippen LogP contribution in [0.4, 0.5) is 0 Å². The molecular formula is C24H31N3O2S. The highest BCUT2D eigenvalue weighted by Gasteiger charge is 2.23. The maximum atomic E-state index is 12.9. The first-order chi connectivity index (χ1) is 14.1. The smallest absolute Gasteiger partial charge is 0.267 e. The number of carbonyl (C=O) groups excluding carboxylic acids is 2. The van der Waals surface area contributed by atoms with Crippen LogP contribution in [0.25, 0.3) is 10.9 Å². The Morgan fingerprint density at radius 2 is 2.07 bits per heavy atom. The first-order valence-electron chi connectivity index (χ1n) is 10.6. The molecule has 1 atom stereocenters. The Hall–Kier alpha value is -2.47. The van der Waals surface area contributed by atoms with Crippen molar-refractivity contribution in [2.75, 3.05) is 6.54 Å². The van der Waals surface area contributed by atoms with E-state index < -0.39 is 0 Å². The zero-order chi connectivity index (χ0) is 22.1. The summed E-state index contributed by atoms with van der Waals surface area (Å²) in [4.78, 5) is 25.6. The van der Waals surface area contributed by atoms with Gasteiger partial charge in [0.15, 0.2) is 0 Å². The van der Waals surface area contributed by atoms with Crippen molar-refractivity contribution in [3.8, 4) is 0 Å². The lowest BCUT2D eigenvalue weighted by atomic mass is 9.78. The number of aromatic nitrogens is 1. The van der Waals surface area contributed by atoms with Gasteiger partial charge in [0.1, 0.15) is 10.7 Å². The predicted octanol–water partition coefficient (Wildman–Crippen LogP) is 4.85. The first-order valence-corrected chi connectivity index (χ1v) is 11.0. The number of thiocarbonyl (C=S) groups is 1. The summed E-state index contributed by atoms with van der Waals surface area (Å²) in [6, 6.07) is 7.39. The van der Waals surface area contributed by atoms with Crippen molar-refractivity contribution < 1.29 is 9.59 Å². The quantitative estimate of drug-likeness (QED) is 0.544. The molecule has 1 unspecified atom stereocenters. The molecule has 2 amide bonds. The van der Waals surface area contributed by atoms with Gasteiger partial charge in [-0.1, -0.05) is 58.5 Å². The van der Waals surface area contributed by atoms with Gasteiger partial charge in [0.25, 0.3) is 11.8 Å². The molecule has 0 spiro atoms. The number of carbonyl (C=O) groups is 2. The van der Waals surface area contributed by atoms with Crippen LogP contribution in [0.15, 0.2) is 35.9 Å². The van der Waals surface area contributed by atoms with Crippen molar-refractivity contribution in [1.82, 2.24) is 15.2 Å². The van der Waals surface area contributed by atoms with E-state index in [4.69, 9.17) is 12.2 Å². The normalized spacial score (nSPS) is 15.9. The van der Waals surface area contributed by atoms with Crippen LogP contribution < -0.4 is 10.6 Å². The van der Waals surface area contributed by atoms with Gasteiger partial charge >= 0.3 is 0 Å². The zero-order valence-corrected chi connectivity index (χ0v) is 19.3. The minimum atomic E-state index is -0.232. The van der Waals surface area contributed by atoms with Crippen LogP contribution in [-0.2, 0) is 6.54 Å². The number of nitrogens with zero attached hydrogens (tertiary/aromatic N) is 1. The molecule has 1 aliphatic heterocycles. The van der Waals surface area contributed by atoms with E-state index in [0.29, 0.717) is 28.7 Å². The van der Waals surface area contributed by atoms with E-state index in [1.165, 1.54) is 5.57 Å². The summed E-state index contributed by atoms with van der Waals surface area (Å²) in [7, 11) is 0. The SMILES string of the molecule is CCC(C)/C(=C\C(=S)NC(=O)c1ccc2cc3n(c2c1)CCCNC3=O)C(C)(C)C. The number of benzene rings is 1. The van der Waals surface area contributed by atoms with Crippen LogP contribution in [0.2, 0.25) is 0 Å². The summed E-state index contributed by atoms with van der Waals surface area (Å²) in [5.74, 6) is 0.0866. The van der Waals surface area contributed by atoms with Gasteiger partial charge in [-0.2, -0.15) is 0 Å². The van der Waals surface area contributed by atoms with Crippen LogP contribution in [0.3, 0.4) is 0 Å². The van der Waals surface area contributed by atoms with Gasteiger partial charge in [-0.25, -0.2) is 0 Å². The van der Waals surface area contributed by atoms with Gasteiger partial charge in [-0.15, -0.1) is 0 Å². The van der Waals surface area contributed by atoms with Gasteiger partial charge < -0.3 is 15.2 Å². The van der Waals surface area contributed by atoms with Gasteiger partial charge in [0.2, 0.25) is 0 Å². The molecule has 1 aromatic heterocycles. The van der Waals surface area contributed by atoms with Gasteiger partial charge in [0.05, 0.1) is 0 Å². The molecule has 2 N–H and O–H groups in total. The molecule has 160 valence electrons. The first kappa shape index (κ1) is 22.2. The van der Waals surface area contributed by atoms with Crippen molar-refractivity contribution in [2.45, 2.75) is 54.0 Å². The fourth-order valence-electron chi connectivity index (χ4n) is 4.03. The van der Waals surface area contributed by atoms with Crippen molar-refractivity contribution in [3.63, 3.8) is 0 Å². The van der Waals surface area contributed by atoms with Gasteiger partial charge in [-0.05, 0) is 48.4 Å². The summed E-state index contributed by atoms with van der Waals surface area (Å²) >= 11 is 5.49. The third-order valence-corrected chi connectivity index (χ3v) is 6.00. The van der Waals surface area contributed by atoms with E-state index in [2.05, 4.69) is 45.3 Å². The Morgan fingerprint density at radius 1 is 1.33 bits per heavy atom. The minimum absolute atomic E-state index is 0.0206. The molecule has 5 nitrogen and oxygen atoms in total. The largest absolute Gasteiger partial charge is 0.351 e. The van der Waals surface area contributed by atoms with E-state index >= 15 is 0 Å². The monoisotopic (exact) mass is 425 g/mol. The predicted molar refractivity (Wildman–Crippen MR) is 126 cm³/mol. The Bertz CT molecular complexity index is 1030. The maximum absolute atomic E-state index is 12.9. The number of fused-ring (bicyclic) bond motifs is 3. The average Bonchev–Trinajstić information content (AvgIpc) is 2.95. The molecule has 0 saturated heterocycles. The van der Waals surface area contributed by atoms with Crippen molar-refractivity contribution in [2.24, 2.45) is 11.3 Å². The van der Waals surface area contributed by atoms with Gasteiger partial charge in [-0.3, -0.25) is 9.59 Å². The molecule has 0 bridgehead atoms. The van der Waals surface area contributed by atoms with Crippen LogP contribution in [0.5, 0.6) is 0 Å². The number of allylic oxidation sites excluding steroid dienone is 1. The highest BCUT2D eigenvalue weighted by atomic mass is 32.1. The number of amides is 2. The van der Waals surface area contributed by atoms with Crippen LogP contribution in [0.1, 0.15) is 68.3 Å². The molecule has 2 heterocycles. The number of hydrogen-bond acceptors (Lipinski definition) is 3. The highest BCUT2D eigenvalue weighted by Crippen LogP contribution is 2.33. The summed E-state index contributed by atoms with van der Waals surface area (Å²) in [6.07, 6.45) is 3.82. The number of aryl methyl sites for hydroxylation is 1. The summed E-state index contributed by atoms with van der Waals surface area (Å²) in [5, 5.41) is 6.72. The zero-order valence-electron chi connectivity index (χ0n) is 18.5. The van der Waals surface area contributed by atoms with Crippen molar-refractivity contribution in [3.05, 3.63) is 47.2 Å². The second-order valence-corrected chi connectivity index (χ2v) is 9.48. The van der Waals surface area contributed by atoms with E-state index in [-0.39, 0.29) is 17.2 Å². The Labute approximate surface area is 183 Å². The third-order valence-electron chi connectivity index (χ3n) is 5.78. The third kappa shape index (κ3) is 4.64. The molecule has 0 aliphatic carbocycles. The lowest BCUT2D eigenvalue weighted by Crippen LogP contribution is -2.29. The van der Waals surface area contributed by atoms with Crippen molar-refractivity contribution in [1.29, 1.82) is 0 Å². The summed E-state index contributed by atoms with van der Waals surface area (Å²) < 4.78 is 1.99. The topological polar surface area (TPSA) is 63.1 Å². The summed E-state index contributed by atoms with van der Waals surface area (Å²) in [5.41, 5.74) is 3.28. The molecule has 6 heteroatoms. The fraction of sp³-hybridized carbons (Fsp3) is 0.458. The standard InChI is InChI=1S/C24H31N3O2S/c1-6-15(2)18(24(3,4)5)14-21(30)26-22(28)17-9-8-16-12-20-23(29)25-10-7-11-27(20)19(16)13-17/h8-9,12-15H,6-7,10-11H2,1-5H3,(H,25,29)(H,26,28,30)/b18-14+. The number of rotatable bonds is 4. The average molecular weight is 426 g/mol. The maximum Gasteiger partial charge on any atom is 0.267 e. The molecule has 3 rings (SSSR count). The molecule has 30 heavy (non-hydrogen) atoms. The molecule has 0 saturated carbocycles. The molecule has 1 aliphatic rings. The molecule has 2 aromatic rings. The highest BCUT2D eigenvalue weighted by molar-refractivity contribution is 7.80. The van der Waals surface area contributed by atoms with Crippen LogP contribution >= 0.6 is 12.2 Å². The lowest BCUT2D eigenvalue weighted by Gasteiger charge is -2.28. The second-order valence-electron chi connectivity index (χ2n) is 9.04. The Balaban J connectivity index is 1.86. The summed E-state index contributed by atoms with van der Waals surface area (Å²) in [6.45, 7) is 12.2. The van der Waals surface area contributed by atoms with E-state index in [0.717, 1.165) is 30.3 Å². The van der Waals surface area contributed by atoms with Crippen LogP contribution in [0, 0.1) is 11.3 Å². The fourth-order valence-corrected chi connectivity index (χ4v) is 4.25. The number of hydrogen-bond donors (Lipinski definition) is 2. The van der Waals surface area contributed by atoms with Gasteiger partial charge in [0, 0.05) is 29.6 Å². The van der Waals surface area contributed by atoms with E-state index in [9.17, 15) is 9.59 Å². The number of nitrogens with one attached hydrogen (secondary N) is 2. The molecular weight excluding hydrogens is 394 g/mol. The van der Waals surface area contributed by atoms with Crippen LogP contribution in [-0.4, -0.2) is 27.9 Å². The van der Waals surface area contributed by atoms with E-state index in [1.807, 2.05) is 28.8 Å². The molecule has 0 fully saturated rings. The minimum Gasteiger partial charge on any atom is -0.351 e. The molecule has 1 aromatic carbocycles. The Kier molecular flexibility index (Phi) is 6.46. The second kappa shape index (κ2) is 8.72. The lowest BCUT2D eigenvalue weighted by molar-refractivity contribution is 0.0949. The van der Waals surface area contributed by atoms with Crippen molar-refractivity contribution >= 4 is 39.9 Å². The molecule has 0 radical (unpaired) electrons.